The number of rotatable bonds is 16. The lowest BCUT2D eigenvalue weighted by atomic mass is 9.87. The molecular formula is C36H41N5O15. The first-order valence-corrected chi connectivity index (χ1v) is 16.9. The molecule has 300 valence electrons. The first kappa shape index (κ1) is 43.9. The summed E-state index contributed by atoms with van der Waals surface area (Å²) in [6.07, 6.45) is -7.75. The van der Waals surface area contributed by atoms with Crippen LogP contribution in [0.3, 0.4) is 0 Å². The highest BCUT2D eigenvalue weighted by Crippen LogP contribution is 2.37. The van der Waals surface area contributed by atoms with Crippen molar-refractivity contribution in [3.63, 3.8) is 0 Å². The number of benzene rings is 2. The van der Waals surface area contributed by atoms with Crippen LogP contribution in [0.5, 0.6) is 5.75 Å². The van der Waals surface area contributed by atoms with Gasteiger partial charge in [-0.25, -0.2) is 4.79 Å². The van der Waals surface area contributed by atoms with Gasteiger partial charge in [0.25, 0.3) is 5.91 Å². The van der Waals surface area contributed by atoms with E-state index in [4.69, 9.17) is 33.2 Å². The summed E-state index contributed by atoms with van der Waals surface area (Å²) in [4.78, 5) is 102. The van der Waals surface area contributed by atoms with Crippen LogP contribution in [0.25, 0.3) is 21.6 Å². The van der Waals surface area contributed by atoms with Crippen LogP contribution in [-0.2, 0) is 73.2 Å². The maximum Gasteiger partial charge on any atom is 0.344 e. The predicted molar refractivity (Wildman–Crippen MR) is 189 cm³/mol. The molecule has 6 atom stereocenters. The molecule has 1 saturated heterocycles. The molecule has 1 aliphatic heterocycles. The highest BCUT2D eigenvalue weighted by Gasteiger charge is 2.58. The second-order valence-corrected chi connectivity index (χ2v) is 12.3. The van der Waals surface area contributed by atoms with Crippen LogP contribution in [0.2, 0.25) is 0 Å². The first-order valence-electron chi connectivity index (χ1n) is 16.9. The highest BCUT2D eigenvalue weighted by atomic mass is 16.6. The number of hydrogen-bond donors (Lipinski definition) is 2. The number of ether oxygens (including phenoxy) is 7. The van der Waals surface area contributed by atoms with Gasteiger partial charge >= 0.3 is 35.8 Å². The molecule has 1 aliphatic rings. The van der Waals surface area contributed by atoms with Crippen molar-refractivity contribution >= 4 is 47.6 Å². The number of methoxy groups -OCH3 is 1. The monoisotopic (exact) mass is 783 g/mol. The van der Waals surface area contributed by atoms with Crippen LogP contribution in [0, 0.1) is 0 Å². The Labute approximate surface area is 320 Å². The normalized spacial score (nSPS) is 19.6. The fraction of sp³-hybridized carbons (Fsp3) is 0.444. The summed E-state index contributed by atoms with van der Waals surface area (Å²) in [7, 11) is 0.946. The van der Waals surface area contributed by atoms with Crippen molar-refractivity contribution in [3.8, 4) is 16.9 Å². The third-order valence-electron chi connectivity index (χ3n) is 7.90. The van der Waals surface area contributed by atoms with Gasteiger partial charge in [0.1, 0.15) is 18.0 Å². The topological polar surface area (TPSA) is 274 Å². The number of nitrogens with one attached hydrogen (secondary N) is 2. The molecule has 0 spiro atoms. The molecule has 0 aliphatic carbocycles. The molecule has 1 heterocycles. The highest BCUT2D eigenvalue weighted by molar-refractivity contribution is 5.82. The zero-order valence-electron chi connectivity index (χ0n) is 31.3. The molecule has 0 bridgehead atoms. The van der Waals surface area contributed by atoms with Gasteiger partial charge in [0.2, 0.25) is 11.6 Å². The molecular weight excluding hydrogens is 742 g/mol. The molecule has 0 unspecified atom stereocenters. The number of esters is 6. The summed E-state index contributed by atoms with van der Waals surface area (Å²) in [6.45, 7) is 3.99. The van der Waals surface area contributed by atoms with Crippen LogP contribution in [0.4, 0.5) is 0 Å². The molecule has 3 rings (SSSR count). The summed E-state index contributed by atoms with van der Waals surface area (Å²) in [5, 5.41) is 8.54. The Hall–Kier alpha value is -6.53. The summed E-state index contributed by atoms with van der Waals surface area (Å²) in [5.41, 5.74) is 9.04. The molecule has 56 heavy (non-hydrogen) atoms. The smallest absolute Gasteiger partial charge is 0.344 e. The Morgan fingerprint density at radius 2 is 1.45 bits per heavy atom. The zero-order valence-corrected chi connectivity index (χ0v) is 31.3. The molecule has 2 aromatic carbocycles. The minimum absolute atomic E-state index is 0.164. The maximum atomic E-state index is 13.2. The number of azide groups is 1. The molecule has 0 radical (unpaired) electrons. The van der Waals surface area contributed by atoms with E-state index in [2.05, 4.69) is 20.7 Å². The number of nitrogens with zero attached hydrogens (tertiary/aromatic N) is 3. The molecule has 2 N–H and O–H groups in total. The summed E-state index contributed by atoms with van der Waals surface area (Å²) in [5.74, 6) is -6.53. The van der Waals surface area contributed by atoms with E-state index in [1.54, 1.807) is 48.5 Å². The van der Waals surface area contributed by atoms with Crippen molar-refractivity contribution in [1.29, 1.82) is 0 Å². The molecule has 1 fully saturated rings. The number of hydrogen-bond acceptors (Lipinski definition) is 16. The molecule has 0 saturated carbocycles. The van der Waals surface area contributed by atoms with Gasteiger partial charge in [-0.3, -0.25) is 33.6 Å². The Bertz CT molecular complexity index is 1850. The maximum absolute atomic E-state index is 13.2. The fourth-order valence-corrected chi connectivity index (χ4v) is 5.74. The summed E-state index contributed by atoms with van der Waals surface area (Å²) < 4.78 is 37.1. The van der Waals surface area contributed by atoms with E-state index < -0.39 is 103 Å². The van der Waals surface area contributed by atoms with Crippen molar-refractivity contribution in [3.05, 3.63) is 64.5 Å². The number of amides is 2. The van der Waals surface area contributed by atoms with Gasteiger partial charge in [0.15, 0.2) is 18.8 Å². The van der Waals surface area contributed by atoms with Crippen molar-refractivity contribution in [2.24, 2.45) is 5.11 Å². The van der Waals surface area contributed by atoms with Gasteiger partial charge in [0, 0.05) is 46.0 Å². The Kier molecular flexibility index (Phi) is 15.9. The van der Waals surface area contributed by atoms with E-state index in [0.717, 1.165) is 45.9 Å². The molecule has 0 aromatic heterocycles. The first-order chi connectivity index (χ1) is 26.5. The van der Waals surface area contributed by atoms with Gasteiger partial charge in [-0.05, 0) is 39.5 Å². The molecule has 20 heteroatoms. The lowest BCUT2D eigenvalue weighted by Gasteiger charge is -2.47. The lowest BCUT2D eigenvalue weighted by Crippen LogP contribution is -2.68. The van der Waals surface area contributed by atoms with E-state index in [-0.39, 0.29) is 6.42 Å². The summed E-state index contributed by atoms with van der Waals surface area (Å²) in [6, 6.07) is 12.2. The van der Waals surface area contributed by atoms with E-state index in [1.165, 1.54) is 6.92 Å². The van der Waals surface area contributed by atoms with E-state index in [9.17, 15) is 43.9 Å². The zero-order chi connectivity index (χ0) is 41.6. The second kappa shape index (κ2) is 20.2. The Morgan fingerprint density at radius 1 is 0.839 bits per heavy atom. The molecule has 2 amide bonds. The van der Waals surface area contributed by atoms with E-state index in [0.29, 0.717) is 11.3 Å². The lowest BCUT2D eigenvalue weighted by molar-refractivity contribution is -0.238. The van der Waals surface area contributed by atoms with Crippen molar-refractivity contribution in [1.82, 2.24) is 10.6 Å². The van der Waals surface area contributed by atoms with Gasteiger partial charge in [-0.15, -0.1) is 0 Å². The average Bonchev–Trinajstić information content (AvgIpc) is 3.12. The average molecular weight is 784 g/mol. The van der Waals surface area contributed by atoms with Crippen LogP contribution >= 0.6 is 0 Å². The summed E-state index contributed by atoms with van der Waals surface area (Å²) >= 11 is 0. The van der Waals surface area contributed by atoms with E-state index >= 15 is 0 Å². The number of carbonyl (C=O) groups is 8. The van der Waals surface area contributed by atoms with Gasteiger partial charge in [-0.2, -0.15) is 0 Å². The van der Waals surface area contributed by atoms with Crippen LogP contribution in [0.1, 0.15) is 46.6 Å². The van der Waals surface area contributed by atoms with Gasteiger partial charge < -0.3 is 43.8 Å². The third-order valence-corrected chi connectivity index (χ3v) is 7.90. The Morgan fingerprint density at radius 3 is 1.96 bits per heavy atom. The fourth-order valence-electron chi connectivity index (χ4n) is 5.74. The van der Waals surface area contributed by atoms with E-state index in [1.807, 2.05) is 0 Å². The SMILES string of the molecule is COC(=O)[C@@]1(N=[N+]=[N-])C[C@H](OC(C)=O)[C@@H](NC(=O)COC(C)=O)[C@H]([C@H](OC(C)=O)[C@@H](CNC(=O)Cc2ccc(-c3ccc(OC(C)=O)cc3)cc2)OC(C)=O)O1. The van der Waals surface area contributed by atoms with Crippen LogP contribution < -0.4 is 15.4 Å². The predicted octanol–water partition coefficient (Wildman–Crippen LogP) is 1.75. The second-order valence-electron chi connectivity index (χ2n) is 12.3. The molecule has 20 nitrogen and oxygen atoms in total. The van der Waals surface area contributed by atoms with Crippen molar-refractivity contribution < 1.29 is 71.5 Å². The van der Waals surface area contributed by atoms with Crippen LogP contribution in [0.15, 0.2) is 53.6 Å². The minimum Gasteiger partial charge on any atom is -0.467 e. The van der Waals surface area contributed by atoms with Crippen LogP contribution in [-0.4, -0.2) is 104 Å². The van der Waals surface area contributed by atoms with Crippen molar-refractivity contribution in [2.45, 2.75) is 83.6 Å². The molecule has 2 aromatic rings. The minimum atomic E-state index is -2.59. The quantitative estimate of drug-likeness (QED) is 0.0613. The Balaban J connectivity index is 1.96. The van der Waals surface area contributed by atoms with Crippen molar-refractivity contribution in [2.75, 3.05) is 20.3 Å². The van der Waals surface area contributed by atoms with Gasteiger partial charge in [0.05, 0.1) is 26.1 Å². The number of carbonyl (C=O) groups excluding carboxylic acids is 8. The third kappa shape index (κ3) is 12.8. The van der Waals surface area contributed by atoms with Gasteiger partial charge in [-0.1, -0.05) is 36.4 Å². The largest absolute Gasteiger partial charge is 0.467 e. The standard InChI is InChI=1S/C36H41N5O15/c1-19(42)51-18-31(48)39-32-28(53-21(3)44)16-36(40-41-37,35(49)50-6)56-34(32)33(55-23(5)46)29(54-22(4)45)17-38-30(47)15-24-7-9-25(10-8-24)26-11-13-27(14-12-26)52-20(2)43/h7-14,28-29,32-34H,15-18H2,1-6H3,(H,38,47)(H,39,48)/t28-,29+,32+,33+,34+,36+/m0/s1.